The molecular weight excluding hydrogens is 236 g/mol. The second-order valence-corrected chi connectivity index (χ2v) is 5.17. The van der Waals surface area contributed by atoms with Gasteiger partial charge in [-0.05, 0) is 12.1 Å². The van der Waals surface area contributed by atoms with E-state index in [0.717, 1.165) is 24.5 Å². The second-order valence-electron chi connectivity index (χ2n) is 3.18. The zero-order chi connectivity index (χ0) is 12.3. The van der Waals surface area contributed by atoms with Crippen molar-refractivity contribution in [2.75, 3.05) is 12.8 Å². The van der Waals surface area contributed by atoms with E-state index in [1.54, 1.807) is 0 Å². The first-order chi connectivity index (χ1) is 7.38. The molecule has 6 heteroatoms. The van der Waals surface area contributed by atoms with Crippen molar-refractivity contribution in [3.05, 3.63) is 35.4 Å². The summed E-state index contributed by atoms with van der Waals surface area (Å²) in [6.07, 6.45) is 3.33. The summed E-state index contributed by atoms with van der Waals surface area (Å²) >= 11 is 0. The van der Waals surface area contributed by atoms with Crippen molar-refractivity contribution < 1.29 is 17.2 Å². The predicted molar refractivity (Wildman–Crippen MR) is 57.6 cm³/mol. The Balaban J connectivity index is 3.45. The molecule has 0 spiro atoms. The molecule has 0 heterocycles. The molecule has 1 aromatic rings. The number of hydrogen-bond acceptors (Lipinski definition) is 3. The predicted octanol–water partition coefficient (Wildman–Crippen LogP) is 1.34. The van der Waals surface area contributed by atoms with Gasteiger partial charge < -0.3 is 5.73 Å². The molecule has 0 atom stereocenters. The van der Waals surface area contributed by atoms with Crippen molar-refractivity contribution in [2.24, 2.45) is 5.73 Å². The standard InChI is InChI=1S/C10H11F2NO2S/c1-16(14,15)9-5-4-8(11)7(10(9)12)3-2-6-13/h2-5H,6,13H2,1H3/b3-2+. The van der Waals surface area contributed by atoms with Crippen LogP contribution in [0.15, 0.2) is 23.1 Å². The van der Waals surface area contributed by atoms with Crippen LogP contribution in [0.5, 0.6) is 0 Å². The summed E-state index contributed by atoms with van der Waals surface area (Å²) in [7, 11) is -3.70. The third-order valence-electron chi connectivity index (χ3n) is 1.91. The van der Waals surface area contributed by atoms with Crippen LogP contribution in [0, 0.1) is 11.6 Å². The SMILES string of the molecule is CS(=O)(=O)c1ccc(F)c(/C=C/CN)c1F. The molecule has 0 saturated heterocycles. The lowest BCUT2D eigenvalue weighted by atomic mass is 10.2. The van der Waals surface area contributed by atoms with Gasteiger partial charge in [-0.25, -0.2) is 17.2 Å². The molecular formula is C10H11F2NO2S. The van der Waals surface area contributed by atoms with Gasteiger partial charge >= 0.3 is 0 Å². The highest BCUT2D eigenvalue weighted by Crippen LogP contribution is 2.21. The summed E-state index contributed by atoms with van der Waals surface area (Å²) in [6.45, 7) is 0.113. The molecule has 0 bridgehead atoms. The van der Waals surface area contributed by atoms with Gasteiger partial charge in [0.15, 0.2) is 15.7 Å². The van der Waals surface area contributed by atoms with E-state index in [1.807, 2.05) is 0 Å². The van der Waals surface area contributed by atoms with Crippen LogP contribution in [0.3, 0.4) is 0 Å². The minimum Gasteiger partial charge on any atom is -0.327 e. The maximum Gasteiger partial charge on any atom is 0.178 e. The van der Waals surface area contributed by atoms with E-state index in [1.165, 1.54) is 6.08 Å². The van der Waals surface area contributed by atoms with Crippen molar-refractivity contribution in [3.8, 4) is 0 Å². The van der Waals surface area contributed by atoms with E-state index in [9.17, 15) is 17.2 Å². The number of sulfone groups is 1. The first-order valence-corrected chi connectivity index (χ1v) is 6.31. The second kappa shape index (κ2) is 4.71. The molecule has 0 amide bonds. The first kappa shape index (κ1) is 12.8. The topological polar surface area (TPSA) is 60.2 Å². The lowest BCUT2D eigenvalue weighted by molar-refractivity contribution is 0.547. The average molecular weight is 247 g/mol. The van der Waals surface area contributed by atoms with Crippen LogP contribution in [-0.2, 0) is 9.84 Å². The molecule has 16 heavy (non-hydrogen) atoms. The summed E-state index contributed by atoms with van der Waals surface area (Å²) < 4.78 is 49.2. The van der Waals surface area contributed by atoms with Gasteiger partial charge in [0.2, 0.25) is 0 Å². The third kappa shape index (κ3) is 2.65. The van der Waals surface area contributed by atoms with Crippen molar-refractivity contribution >= 4 is 15.9 Å². The van der Waals surface area contributed by atoms with E-state index in [2.05, 4.69) is 0 Å². The molecule has 88 valence electrons. The Morgan fingerprint density at radius 1 is 1.38 bits per heavy atom. The minimum absolute atomic E-state index is 0.113. The van der Waals surface area contributed by atoms with E-state index in [-0.39, 0.29) is 6.54 Å². The van der Waals surface area contributed by atoms with E-state index in [0.29, 0.717) is 0 Å². The molecule has 0 aliphatic rings. The fourth-order valence-electron chi connectivity index (χ4n) is 1.17. The fourth-order valence-corrected chi connectivity index (χ4v) is 1.93. The summed E-state index contributed by atoms with van der Waals surface area (Å²) in [5.41, 5.74) is 4.76. The van der Waals surface area contributed by atoms with E-state index in [4.69, 9.17) is 5.73 Å². The highest BCUT2D eigenvalue weighted by Gasteiger charge is 2.18. The normalized spacial score (nSPS) is 12.2. The van der Waals surface area contributed by atoms with Gasteiger partial charge in [0, 0.05) is 18.4 Å². The van der Waals surface area contributed by atoms with Gasteiger partial charge in [0.25, 0.3) is 0 Å². The van der Waals surface area contributed by atoms with Gasteiger partial charge in [-0.15, -0.1) is 0 Å². The Morgan fingerprint density at radius 3 is 2.50 bits per heavy atom. The molecule has 0 aromatic heterocycles. The number of halogens is 2. The lowest BCUT2D eigenvalue weighted by Gasteiger charge is -2.04. The molecule has 0 saturated carbocycles. The average Bonchev–Trinajstić information content (AvgIpc) is 2.15. The molecule has 1 aromatic carbocycles. The van der Waals surface area contributed by atoms with Crippen LogP contribution in [0.1, 0.15) is 5.56 Å². The number of hydrogen-bond donors (Lipinski definition) is 1. The maximum atomic E-state index is 13.6. The summed E-state index contributed by atoms with van der Waals surface area (Å²) in [4.78, 5) is -0.523. The molecule has 2 N–H and O–H groups in total. The number of nitrogens with two attached hydrogens (primary N) is 1. The van der Waals surface area contributed by atoms with Crippen molar-refractivity contribution in [1.82, 2.24) is 0 Å². The van der Waals surface area contributed by atoms with Crippen LogP contribution < -0.4 is 5.73 Å². The highest BCUT2D eigenvalue weighted by atomic mass is 32.2. The van der Waals surface area contributed by atoms with Crippen LogP contribution in [-0.4, -0.2) is 21.2 Å². The highest BCUT2D eigenvalue weighted by molar-refractivity contribution is 7.90. The zero-order valence-electron chi connectivity index (χ0n) is 8.57. The van der Waals surface area contributed by atoms with E-state index < -0.39 is 31.9 Å². The Morgan fingerprint density at radius 2 is 2.00 bits per heavy atom. The largest absolute Gasteiger partial charge is 0.327 e. The van der Waals surface area contributed by atoms with Gasteiger partial charge in [-0.1, -0.05) is 12.2 Å². The maximum absolute atomic E-state index is 13.6. The molecule has 0 unspecified atom stereocenters. The van der Waals surface area contributed by atoms with Crippen LogP contribution in [0.25, 0.3) is 6.08 Å². The van der Waals surface area contributed by atoms with Crippen LogP contribution >= 0.6 is 0 Å². The molecule has 3 nitrogen and oxygen atoms in total. The Bertz CT molecular complexity index is 524. The molecule has 0 fully saturated rings. The monoisotopic (exact) mass is 247 g/mol. The van der Waals surface area contributed by atoms with Crippen molar-refractivity contribution in [2.45, 2.75) is 4.90 Å². The Kier molecular flexibility index (Phi) is 3.77. The Labute approximate surface area is 92.5 Å². The van der Waals surface area contributed by atoms with Gasteiger partial charge in [0.05, 0.1) is 0 Å². The first-order valence-electron chi connectivity index (χ1n) is 4.42. The van der Waals surface area contributed by atoms with Crippen molar-refractivity contribution in [1.29, 1.82) is 0 Å². The van der Waals surface area contributed by atoms with Gasteiger partial charge in [-0.2, -0.15) is 0 Å². The molecule has 1 rings (SSSR count). The third-order valence-corrected chi connectivity index (χ3v) is 3.03. The lowest BCUT2D eigenvalue weighted by Crippen LogP contribution is -2.04. The van der Waals surface area contributed by atoms with Gasteiger partial charge in [-0.3, -0.25) is 0 Å². The van der Waals surface area contributed by atoms with Gasteiger partial charge in [0.1, 0.15) is 10.7 Å². The number of benzene rings is 1. The minimum atomic E-state index is -3.70. The summed E-state index contributed by atoms with van der Waals surface area (Å²) in [5.74, 6) is -1.92. The van der Waals surface area contributed by atoms with Crippen LogP contribution in [0.4, 0.5) is 8.78 Å². The molecule has 0 radical (unpaired) electrons. The smallest absolute Gasteiger partial charge is 0.178 e. The molecule has 0 aliphatic carbocycles. The zero-order valence-corrected chi connectivity index (χ0v) is 9.39. The fraction of sp³-hybridized carbons (Fsp3) is 0.200. The molecule has 0 aliphatic heterocycles. The quantitative estimate of drug-likeness (QED) is 0.820. The number of rotatable bonds is 3. The van der Waals surface area contributed by atoms with Crippen molar-refractivity contribution in [3.63, 3.8) is 0 Å². The van der Waals surface area contributed by atoms with E-state index >= 15 is 0 Å². The van der Waals surface area contributed by atoms with Crippen LogP contribution in [0.2, 0.25) is 0 Å². The Hall–Kier alpha value is -1.27. The summed E-state index contributed by atoms with van der Waals surface area (Å²) in [6, 6.07) is 1.81. The summed E-state index contributed by atoms with van der Waals surface area (Å²) in [5, 5.41) is 0.